The molecule has 1 aromatic heterocycles. The van der Waals surface area contributed by atoms with Crippen LogP contribution in [0.1, 0.15) is 39.0 Å². The van der Waals surface area contributed by atoms with Crippen LogP contribution in [0, 0.1) is 0 Å². The van der Waals surface area contributed by atoms with Gasteiger partial charge in [-0.05, 0) is 39.8 Å². The summed E-state index contributed by atoms with van der Waals surface area (Å²) in [7, 11) is -0.949. The molecular weight excluding hydrogens is 338 g/mol. The number of benzene rings is 1. The molecule has 3 rings (SSSR count). The highest BCUT2D eigenvalue weighted by molar-refractivity contribution is 7.83. The summed E-state index contributed by atoms with van der Waals surface area (Å²) in [6.45, 7) is 7.77. The molecule has 134 valence electrons. The number of nitrogens with zero attached hydrogens (tertiary/aromatic N) is 2. The van der Waals surface area contributed by atoms with Crippen LogP contribution in [-0.4, -0.2) is 26.0 Å². The van der Waals surface area contributed by atoms with Crippen molar-refractivity contribution < 1.29 is 13.7 Å². The summed E-state index contributed by atoms with van der Waals surface area (Å²) in [6, 6.07) is 9.23. The molecule has 25 heavy (non-hydrogen) atoms. The second kappa shape index (κ2) is 6.63. The maximum absolute atomic E-state index is 12.6. The van der Waals surface area contributed by atoms with Gasteiger partial charge in [0.25, 0.3) is 5.91 Å². The Morgan fingerprint density at radius 1 is 1.28 bits per heavy atom. The lowest BCUT2D eigenvalue weighted by atomic mass is 10.1. The lowest BCUT2D eigenvalue weighted by molar-refractivity contribution is -0.122. The molecule has 0 saturated heterocycles. The van der Waals surface area contributed by atoms with Gasteiger partial charge in [0.15, 0.2) is 6.10 Å². The standard InChI is InChI=1S/C18H23N3O3S/c1-12(24-13-8-6-5-7-9-13)17(22)19-16-14-10-25(23)11-15(14)20-21(16)18(2,3)4/h5-9,12H,10-11H2,1-4H3,(H,19,22)/t12-,25-/m0/s1. The van der Waals surface area contributed by atoms with Crippen LogP contribution in [0.3, 0.4) is 0 Å². The van der Waals surface area contributed by atoms with Gasteiger partial charge in [-0.15, -0.1) is 0 Å². The third-order valence-corrected chi connectivity index (χ3v) is 5.18. The summed E-state index contributed by atoms with van der Waals surface area (Å²) >= 11 is 0. The molecule has 2 atom stereocenters. The number of anilines is 1. The van der Waals surface area contributed by atoms with Gasteiger partial charge in [-0.2, -0.15) is 5.10 Å². The van der Waals surface area contributed by atoms with Crippen molar-refractivity contribution in [3.8, 4) is 5.75 Å². The minimum Gasteiger partial charge on any atom is -0.481 e. The molecule has 2 heterocycles. The Balaban J connectivity index is 1.82. The fraction of sp³-hybridized carbons (Fsp3) is 0.444. The first kappa shape index (κ1) is 17.7. The highest BCUT2D eigenvalue weighted by Crippen LogP contribution is 2.33. The lowest BCUT2D eigenvalue weighted by Crippen LogP contribution is -2.33. The molecule has 0 fully saturated rings. The zero-order chi connectivity index (χ0) is 18.2. The minimum absolute atomic E-state index is 0.255. The van der Waals surface area contributed by atoms with Crippen LogP contribution < -0.4 is 10.1 Å². The lowest BCUT2D eigenvalue weighted by Gasteiger charge is -2.24. The Hall–Kier alpha value is -2.15. The fourth-order valence-electron chi connectivity index (χ4n) is 2.72. The van der Waals surface area contributed by atoms with Crippen molar-refractivity contribution in [2.24, 2.45) is 0 Å². The van der Waals surface area contributed by atoms with Crippen LogP contribution in [0.5, 0.6) is 5.75 Å². The van der Waals surface area contributed by atoms with E-state index in [4.69, 9.17) is 4.74 Å². The second-order valence-corrected chi connectivity index (χ2v) is 8.60. The van der Waals surface area contributed by atoms with E-state index in [9.17, 15) is 9.00 Å². The van der Waals surface area contributed by atoms with Crippen molar-refractivity contribution in [1.29, 1.82) is 0 Å². The van der Waals surface area contributed by atoms with Crippen molar-refractivity contribution in [3.05, 3.63) is 41.6 Å². The molecule has 0 bridgehead atoms. The summed E-state index contributed by atoms with van der Waals surface area (Å²) in [4.78, 5) is 12.6. The zero-order valence-corrected chi connectivity index (χ0v) is 15.7. The number of rotatable bonds is 4. The number of para-hydroxylation sites is 1. The summed E-state index contributed by atoms with van der Waals surface area (Å²) in [5, 5.41) is 7.52. The van der Waals surface area contributed by atoms with Gasteiger partial charge in [0, 0.05) is 16.4 Å². The molecule has 0 spiro atoms. The molecule has 1 aliphatic rings. The molecule has 0 unspecified atom stereocenters. The second-order valence-electron chi connectivity index (χ2n) is 7.15. The largest absolute Gasteiger partial charge is 0.481 e. The highest BCUT2D eigenvalue weighted by Gasteiger charge is 2.32. The molecule has 0 radical (unpaired) electrons. The number of carbonyl (C=O) groups is 1. The predicted molar refractivity (Wildman–Crippen MR) is 97.9 cm³/mol. The van der Waals surface area contributed by atoms with E-state index in [1.54, 1.807) is 11.6 Å². The van der Waals surface area contributed by atoms with Gasteiger partial charge in [-0.1, -0.05) is 18.2 Å². The van der Waals surface area contributed by atoms with E-state index >= 15 is 0 Å². The fourth-order valence-corrected chi connectivity index (χ4v) is 3.98. The molecule has 7 heteroatoms. The summed E-state index contributed by atoms with van der Waals surface area (Å²) < 4.78 is 19.4. The van der Waals surface area contributed by atoms with Crippen LogP contribution in [-0.2, 0) is 32.6 Å². The summed E-state index contributed by atoms with van der Waals surface area (Å²) in [5.74, 6) is 1.88. The van der Waals surface area contributed by atoms with Crippen LogP contribution in [0.4, 0.5) is 5.82 Å². The zero-order valence-electron chi connectivity index (χ0n) is 14.9. The number of amides is 1. The normalized spacial score (nSPS) is 17.8. The topological polar surface area (TPSA) is 73.2 Å². The quantitative estimate of drug-likeness (QED) is 0.909. The van der Waals surface area contributed by atoms with Crippen molar-refractivity contribution in [2.75, 3.05) is 5.32 Å². The van der Waals surface area contributed by atoms with Gasteiger partial charge in [-0.3, -0.25) is 9.00 Å². The maximum Gasteiger partial charge on any atom is 0.266 e. The Kier molecular flexibility index (Phi) is 4.69. The molecule has 1 N–H and O–H groups in total. The Labute approximate surface area is 150 Å². The maximum atomic E-state index is 12.6. The van der Waals surface area contributed by atoms with Gasteiger partial charge in [0.05, 0.1) is 22.7 Å². The molecule has 0 aliphatic carbocycles. The van der Waals surface area contributed by atoms with E-state index < -0.39 is 16.9 Å². The van der Waals surface area contributed by atoms with Crippen molar-refractivity contribution >= 4 is 22.5 Å². The number of hydrogen-bond acceptors (Lipinski definition) is 4. The van der Waals surface area contributed by atoms with Crippen LogP contribution in [0.15, 0.2) is 30.3 Å². The monoisotopic (exact) mass is 361 g/mol. The molecule has 1 amide bonds. The summed E-state index contributed by atoms with van der Waals surface area (Å²) in [5.41, 5.74) is 1.38. The van der Waals surface area contributed by atoms with E-state index in [-0.39, 0.29) is 11.4 Å². The minimum atomic E-state index is -0.949. The first-order valence-corrected chi connectivity index (χ1v) is 9.73. The smallest absolute Gasteiger partial charge is 0.266 e. The van der Waals surface area contributed by atoms with E-state index in [1.165, 1.54) is 0 Å². The first-order valence-electron chi connectivity index (χ1n) is 8.24. The van der Waals surface area contributed by atoms with Crippen LogP contribution in [0.2, 0.25) is 0 Å². The van der Waals surface area contributed by atoms with Gasteiger partial charge in [0.2, 0.25) is 0 Å². The Bertz CT molecular complexity index is 809. The van der Waals surface area contributed by atoms with E-state index in [2.05, 4.69) is 10.4 Å². The van der Waals surface area contributed by atoms with Crippen molar-refractivity contribution in [1.82, 2.24) is 9.78 Å². The van der Waals surface area contributed by atoms with Crippen LogP contribution in [0.25, 0.3) is 0 Å². The average Bonchev–Trinajstić information content (AvgIpc) is 3.05. The molecule has 1 aromatic carbocycles. The highest BCUT2D eigenvalue weighted by atomic mass is 32.2. The van der Waals surface area contributed by atoms with Gasteiger partial charge in [0.1, 0.15) is 11.6 Å². The number of aromatic nitrogens is 2. The third kappa shape index (κ3) is 3.76. The molecule has 6 nitrogen and oxygen atoms in total. The Morgan fingerprint density at radius 3 is 2.60 bits per heavy atom. The van der Waals surface area contributed by atoms with Crippen LogP contribution >= 0.6 is 0 Å². The first-order chi connectivity index (χ1) is 11.8. The van der Waals surface area contributed by atoms with Crippen molar-refractivity contribution in [3.63, 3.8) is 0 Å². The molecule has 2 aromatic rings. The van der Waals surface area contributed by atoms with E-state index in [0.29, 0.717) is 23.1 Å². The summed E-state index contributed by atoms with van der Waals surface area (Å²) in [6.07, 6.45) is -0.659. The third-order valence-electron chi connectivity index (χ3n) is 3.97. The van der Waals surface area contributed by atoms with Crippen molar-refractivity contribution in [2.45, 2.75) is 50.8 Å². The molecule has 0 saturated carbocycles. The van der Waals surface area contributed by atoms with E-state index in [1.807, 2.05) is 51.1 Å². The Morgan fingerprint density at radius 2 is 1.96 bits per heavy atom. The van der Waals surface area contributed by atoms with Gasteiger partial charge < -0.3 is 10.1 Å². The molecular formula is C18H23N3O3S. The average molecular weight is 361 g/mol. The van der Waals surface area contributed by atoms with E-state index in [0.717, 1.165) is 11.3 Å². The predicted octanol–water partition coefficient (Wildman–Crippen LogP) is 2.81. The molecule has 1 aliphatic heterocycles. The number of hydrogen-bond donors (Lipinski definition) is 1. The van der Waals surface area contributed by atoms with Gasteiger partial charge >= 0.3 is 0 Å². The number of fused-ring (bicyclic) bond motifs is 1. The number of carbonyl (C=O) groups excluding carboxylic acids is 1. The number of ether oxygens (including phenoxy) is 1. The van der Waals surface area contributed by atoms with Gasteiger partial charge in [-0.25, -0.2) is 4.68 Å². The SMILES string of the molecule is C[C@H](Oc1ccccc1)C(=O)Nc1c2c(nn1C(C)(C)C)C[S@@](=O)C2. The number of nitrogens with one attached hydrogen (secondary N) is 1.